The molecule has 0 unspecified atom stereocenters. The molecule has 0 heterocycles. The Bertz CT molecular complexity index is 46.9. The lowest BCUT2D eigenvalue weighted by Crippen LogP contribution is -2.06. The van der Waals surface area contributed by atoms with Gasteiger partial charge in [0.15, 0.2) is 0 Å². The molecule has 0 fully saturated rings. The number of rotatable bonds is 4. The maximum atomic E-state index is 2.28. The molecule has 0 aromatic carbocycles. The molecular formula is C7H21BO2. The van der Waals surface area contributed by atoms with Gasteiger partial charge in [0.2, 0.25) is 0 Å². The third-order valence-electron chi connectivity index (χ3n) is 1.85. The molecule has 0 aromatic heterocycles. The molecule has 0 saturated carbocycles. The number of hydrogen-bond acceptors (Lipinski definition) is 0. The zero-order valence-corrected chi connectivity index (χ0v) is 7.41. The monoisotopic (exact) mass is 148 g/mol. The second kappa shape index (κ2) is 11.7. The fourth-order valence-corrected chi connectivity index (χ4v) is 1.11. The second-order valence-electron chi connectivity index (χ2n) is 2.47. The standard InChI is InChI=1S/C7H17B.2H2O/c1-4-7-8(5-2)6-3;;/h4-7H2,1-3H3;2*1H2. The van der Waals surface area contributed by atoms with Crippen LogP contribution in [-0.4, -0.2) is 17.7 Å². The Labute approximate surface area is 64.7 Å². The van der Waals surface area contributed by atoms with Crippen LogP contribution in [0.2, 0.25) is 19.0 Å². The molecule has 2 nitrogen and oxygen atoms in total. The van der Waals surface area contributed by atoms with Crippen LogP contribution < -0.4 is 0 Å². The average molecular weight is 148 g/mol. The average Bonchev–Trinajstić information content (AvgIpc) is 1.83. The summed E-state index contributed by atoms with van der Waals surface area (Å²) in [4.78, 5) is 0. The lowest BCUT2D eigenvalue weighted by molar-refractivity contribution is 0.823. The van der Waals surface area contributed by atoms with Crippen molar-refractivity contribution in [2.75, 3.05) is 0 Å². The van der Waals surface area contributed by atoms with Crippen molar-refractivity contribution in [3.63, 3.8) is 0 Å². The van der Waals surface area contributed by atoms with Gasteiger partial charge in [-0.3, -0.25) is 0 Å². The van der Waals surface area contributed by atoms with E-state index in [1.165, 1.54) is 25.4 Å². The minimum Gasteiger partial charge on any atom is -0.412 e. The van der Waals surface area contributed by atoms with E-state index in [9.17, 15) is 0 Å². The Morgan fingerprint density at radius 3 is 1.40 bits per heavy atom. The third-order valence-corrected chi connectivity index (χ3v) is 1.85. The van der Waals surface area contributed by atoms with Gasteiger partial charge in [0.05, 0.1) is 0 Å². The van der Waals surface area contributed by atoms with Crippen LogP contribution in [0.1, 0.15) is 27.2 Å². The van der Waals surface area contributed by atoms with Crippen molar-refractivity contribution >= 4 is 6.71 Å². The highest BCUT2D eigenvalue weighted by molar-refractivity contribution is 6.58. The quantitative estimate of drug-likeness (QED) is 0.539. The van der Waals surface area contributed by atoms with Gasteiger partial charge in [-0.2, -0.15) is 0 Å². The molecule has 0 aliphatic heterocycles. The summed E-state index contributed by atoms with van der Waals surface area (Å²) in [5, 5.41) is 0. The van der Waals surface area contributed by atoms with Crippen molar-refractivity contribution in [2.24, 2.45) is 0 Å². The summed E-state index contributed by atoms with van der Waals surface area (Å²) in [5.41, 5.74) is 0. The third kappa shape index (κ3) is 7.98. The van der Waals surface area contributed by atoms with Gasteiger partial charge in [0.25, 0.3) is 0 Å². The fourth-order valence-electron chi connectivity index (χ4n) is 1.11. The Morgan fingerprint density at radius 1 is 0.900 bits per heavy atom. The van der Waals surface area contributed by atoms with Crippen LogP contribution in [0, 0.1) is 0 Å². The van der Waals surface area contributed by atoms with E-state index in [1.807, 2.05) is 0 Å². The molecule has 0 rings (SSSR count). The van der Waals surface area contributed by atoms with E-state index in [2.05, 4.69) is 20.8 Å². The predicted molar refractivity (Wildman–Crippen MR) is 49.0 cm³/mol. The van der Waals surface area contributed by atoms with Crippen molar-refractivity contribution in [2.45, 2.75) is 46.2 Å². The molecule has 4 N–H and O–H groups in total. The topological polar surface area (TPSA) is 63.0 Å². The first-order valence-corrected chi connectivity index (χ1v) is 3.85. The van der Waals surface area contributed by atoms with Gasteiger partial charge >= 0.3 is 0 Å². The van der Waals surface area contributed by atoms with E-state index < -0.39 is 0 Å². The first kappa shape index (κ1) is 16.5. The highest BCUT2D eigenvalue weighted by Crippen LogP contribution is 2.05. The van der Waals surface area contributed by atoms with E-state index in [-0.39, 0.29) is 11.0 Å². The summed E-state index contributed by atoms with van der Waals surface area (Å²) in [6.07, 6.45) is 5.51. The van der Waals surface area contributed by atoms with Crippen molar-refractivity contribution in [1.82, 2.24) is 0 Å². The van der Waals surface area contributed by atoms with Gasteiger partial charge < -0.3 is 11.0 Å². The van der Waals surface area contributed by atoms with E-state index in [4.69, 9.17) is 0 Å². The maximum absolute atomic E-state index is 2.28. The molecule has 64 valence electrons. The van der Waals surface area contributed by atoms with Crippen LogP contribution in [0.3, 0.4) is 0 Å². The molecule has 0 spiro atoms. The van der Waals surface area contributed by atoms with Gasteiger partial charge in [0, 0.05) is 0 Å². The summed E-state index contributed by atoms with van der Waals surface area (Å²) in [7, 11) is 0. The largest absolute Gasteiger partial charge is 0.412 e. The lowest BCUT2D eigenvalue weighted by Gasteiger charge is -2.03. The van der Waals surface area contributed by atoms with E-state index >= 15 is 0 Å². The van der Waals surface area contributed by atoms with E-state index in [0.717, 1.165) is 6.71 Å². The lowest BCUT2D eigenvalue weighted by atomic mass is 9.43. The molecule has 3 heteroatoms. The minimum atomic E-state index is 0. The van der Waals surface area contributed by atoms with Gasteiger partial charge in [-0.05, 0) is 0 Å². The summed E-state index contributed by atoms with van der Waals surface area (Å²) in [5.74, 6) is 0. The first-order chi connectivity index (χ1) is 3.85. The summed E-state index contributed by atoms with van der Waals surface area (Å²) < 4.78 is 0. The Balaban J connectivity index is -0.000000245. The highest BCUT2D eigenvalue weighted by atomic mass is 16.0. The molecule has 0 atom stereocenters. The smallest absolute Gasteiger partial charge is 0.139 e. The summed E-state index contributed by atoms with van der Waals surface area (Å²) >= 11 is 0. The Morgan fingerprint density at radius 2 is 1.30 bits per heavy atom. The molecule has 10 heavy (non-hydrogen) atoms. The van der Waals surface area contributed by atoms with Crippen LogP contribution in [0.4, 0.5) is 0 Å². The molecular weight excluding hydrogens is 127 g/mol. The van der Waals surface area contributed by atoms with Gasteiger partial charge in [-0.1, -0.05) is 46.2 Å². The predicted octanol–water partition coefficient (Wildman–Crippen LogP) is 1.28. The van der Waals surface area contributed by atoms with Gasteiger partial charge in [-0.25, -0.2) is 0 Å². The molecule has 0 bridgehead atoms. The fraction of sp³-hybridized carbons (Fsp3) is 1.00. The molecule has 0 saturated heterocycles. The van der Waals surface area contributed by atoms with Crippen LogP contribution in [0.5, 0.6) is 0 Å². The second-order valence-corrected chi connectivity index (χ2v) is 2.47. The normalized spacial score (nSPS) is 7.50. The van der Waals surface area contributed by atoms with Crippen LogP contribution >= 0.6 is 0 Å². The maximum Gasteiger partial charge on any atom is 0.139 e. The van der Waals surface area contributed by atoms with Crippen LogP contribution in [0.15, 0.2) is 0 Å². The molecule has 0 amide bonds. The molecule has 0 aliphatic carbocycles. The van der Waals surface area contributed by atoms with Crippen molar-refractivity contribution in [3.8, 4) is 0 Å². The first-order valence-electron chi connectivity index (χ1n) is 3.85. The van der Waals surface area contributed by atoms with Crippen molar-refractivity contribution in [3.05, 3.63) is 0 Å². The van der Waals surface area contributed by atoms with Crippen LogP contribution in [-0.2, 0) is 0 Å². The van der Waals surface area contributed by atoms with Crippen LogP contribution in [0.25, 0.3) is 0 Å². The highest BCUT2D eigenvalue weighted by Gasteiger charge is 2.04. The summed E-state index contributed by atoms with van der Waals surface area (Å²) in [6, 6.07) is 0. The molecule has 0 aliphatic rings. The molecule has 0 radical (unpaired) electrons. The SMILES string of the molecule is CCCB(CC)CC.O.O. The summed E-state index contributed by atoms with van der Waals surface area (Å²) in [6.45, 7) is 7.83. The Kier molecular flexibility index (Phi) is 19.4. The van der Waals surface area contributed by atoms with Gasteiger partial charge in [0.1, 0.15) is 6.71 Å². The van der Waals surface area contributed by atoms with E-state index in [0.29, 0.717) is 0 Å². The minimum absolute atomic E-state index is 0. The molecule has 0 aromatic rings. The number of hydrogen-bond donors (Lipinski definition) is 0. The van der Waals surface area contributed by atoms with E-state index in [1.54, 1.807) is 0 Å². The van der Waals surface area contributed by atoms with Crippen molar-refractivity contribution < 1.29 is 11.0 Å². The Hall–Kier alpha value is -0.0151. The van der Waals surface area contributed by atoms with Crippen molar-refractivity contribution in [1.29, 1.82) is 0 Å². The van der Waals surface area contributed by atoms with Gasteiger partial charge in [-0.15, -0.1) is 0 Å². The zero-order valence-electron chi connectivity index (χ0n) is 7.41. The zero-order chi connectivity index (χ0) is 6.41.